The molecule has 0 bridgehead atoms. The molecule has 22 heavy (non-hydrogen) atoms. The Balaban J connectivity index is 1.67. The summed E-state index contributed by atoms with van der Waals surface area (Å²) >= 11 is 1.43. The lowest BCUT2D eigenvalue weighted by Crippen LogP contribution is -2.41. The minimum atomic E-state index is -0.244. The van der Waals surface area contributed by atoms with Crippen molar-refractivity contribution in [2.45, 2.75) is 31.2 Å². The van der Waals surface area contributed by atoms with Crippen LogP contribution >= 0.6 is 11.3 Å². The third-order valence-corrected chi connectivity index (χ3v) is 5.43. The van der Waals surface area contributed by atoms with Gasteiger partial charge in [-0.25, -0.2) is 4.98 Å². The maximum Gasteiger partial charge on any atom is 0.266 e. The number of fused-ring (bicyclic) bond motifs is 1. The average Bonchev–Trinajstić information content (AvgIpc) is 3.30. The quantitative estimate of drug-likeness (QED) is 0.948. The summed E-state index contributed by atoms with van der Waals surface area (Å²) in [5.41, 5.74) is 5.04. The van der Waals surface area contributed by atoms with E-state index in [4.69, 9.17) is 0 Å². The number of aliphatic hydroxyl groups excluding tert-OH is 1. The van der Waals surface area contributed by atoms with Gasteiger partial charge in [-0.2, -0.15) is 0 Å². The number of carbonyl (C=O) groups excluding carboxylic acids is 1. The fourth-order valence-corrected chi connectivity index (χ4v) is 4.11. The fourth-order valence-electron chi connectivity index (χ4n) is 3.28. The van der Waals surface area contributed by atoms with E-state index in [-0.39, 0.29) is 18.6 Å². The van der Waals surface area contributed by atoms with Crippen LogP contribution in [0.4, 0.5) is 0 Å². The first kappa shape index (κ1) is 13.9. The molecule has 1 unspecified atom stereocenters. The van der Waals surface area contributed by atoms with E-state index < -0.39 is 0 Å². The number of nitrogens with zero attached hydrogens (tertiary/aromatic N) is 2. The first-order valence-electron chi connectivity index (χ1n) is 7.72. The van der Waals surface area contributed by atoms with Gasteiger partial charge in [-0.3, -0.25) is 4.79 Å². The first-order valence-corrected chi connectivity index (χ1v) is 8.60. The number of amides is 1. The molecular formula is C17H18N2O2S. The Kier molecular flexibility index (Phi) is 3.47. The molecule has 2 aliphatic rings. The molecule has 1 aromatic heterocycles. The highest BCUT2D eigenvalue weighted by Gasteiger charge is 2.36. The molecule has 2 heterocycles. The van der Waals surface area contributed by atoms with Crippen LogP contribution in [0, 0.1) is 0 Å². The van der Waals surface area contributed by atoms with Gasteiger partial charge in [0.05, 0.1) is 23.9 Å². The Morgan fingerprint density at radius 3 is 2.95 bits per heavy atom. The summed E-state index contributed by atoms with van der Waals surface area (Å²) in [4.78, 5) is 20.0. The minimum Gasteiger partial charge on any atom is -0.394 e. The highest BCUT2D eigenvalue weighted by atomic mass is 32.1. The summed E-state index contributed by atoms with van der Waals surface area (Å²) in [5, 5.41) is 9.84. The molecule has 1 amide bonds. The van der Waals surface area contributed by atoms with Crippen LogP contribution in [0.25, 0.3) is 0 Å². The summed E-state index contributed by atoms with van der Waals surface area (Å²) in [6, 6.07) is 7.84. The van der Waals surface area contributed by atoms with Gasteiger partial charge in [-0.05, 0) is 30.4 Å². The smallest absolute Gasteiger partial charge is 0.266 e. The minimum absolute atomic E-state index is 0.0259. The zero-order valence-corrected chi connectivity index (χ0v) is 13.1. The summed E-state index contributed by atoms with van der Waals surface area (Å²) in [5.74, 6) is 0.493. The second kappa shape index (κ2) is 5.48. The van der Waals surface area contributed by atoms with Crippen molar-refractivity contribution in [3.05, 3.63) is 51.5 Å². The molecule has 1 fully saturated rings. The van der Waals surface area contributed by atoms with Gasteiger partial charge in [0.15, 0.2) is 0 Å². The first-order chi connectivity index (χ1) is 10.8. The van der Waals surface area contributed by atoms with Crippen LogP contribution in [0.15, 0.2) is 29.8 Å². The average molecular weight is 314 g/mol. The normalized spacial score (nSPS) is 20.8. The lowest BCUT2D eigenvalue weighted by atomic mass is 9.92. The van der Waals surface area contributed by atoms with Gasteiger partial charge in [0.1, 0.15) is 4.88 Å². The van der Waals surface area contributed by atoms with Crippen LogP contribution in [-0.2, 0) is 6.42 Å². The van der Waals surface area contributed by atoms with Crippen LogP contribution in [0.1, 0.15) is 51.3 Å². The van der Waals surface area contributed by atoms with Crippen molar-refractivity contribution in [2.24, 2.45) is 0 Å². The number of hydrogen-bond donors (Lipinski definition) is 1. The van der Waals surface area contributed by atoms with Crippen LogP contribution in [0.5, 0.6) is 0 Å². The molecule has 4 rings (SSSR count). The molecule has 1 aliphatic heterocycles. The molecule has 1 aromatic carbocycles. The lowest BCUT2D eigenvalue weighted by Gasteiger charge is -2.36. The second-order valence-electron chi connectivity index (χ2n) is 5.99. The predicted octanol–water partition coefficient (Wildman–Crippen LogP) is 2.75. The van der Waals surface area contributed by atoms with Crippen LogP contribution in [0.2, 0.25) is 0 Å². The summed E-state index contributed by atoms with van der Waals surface area (Å²) in [6.07, 6.45) is 3.11. The maximum absolute atomic E-state index is 13.0. The van der Waals surface area contributed by atoms with Crippen molar-refractivity contribution in [3.8, 4) is 0 Å². The third-order valence-electron chi connectivity index (χ3n) is 4.60. The molecule has 1 atom stereocenters. The van der Waals surface area contributed by atoms with Gasteiger partial charge >= 0.3 is 0 Å². The monoisotopic (exact) mass is 314 g/mol. The van der Waals surface area contributed by atoms with E-state index in [1.54, 1.807) is 5.51 Å². The molecule has 5 heteroatoms. The molecule has 0 spiro atoms. The Morgan fingerprint density at radius 2 is 2.18 bits per heavy atom. The van der Waals surface area contributed by atoms with Crippen LogP contribution in [0.3, 0.4) is 0 Å². The lowest BCUT2D eigenvalue weighted by molar-refractivity contribution is 0.0572. The Labute approximate surface area is 133 Å². The zero-order chi connectivity index (χ0) is 15.1. The van der Waals surface area contributed by atoms with Gasteiger partial charge in [-0.1, -0.05) is 24.3 Å². The number of rotatable bonds is 3. The number of aromatic nitrogens is 1. The highest BCUT2D eigenvalue weighted by Crippen LogP contribution is 2.42. The number of hydrogen-bond acceptors (Lipinski definition) is 4. The maximum atomic E-state index is 13.0. The molecule has 1 aliphatic carbocycles. The molecule has 2 aromatic rings. The van der Waals surface area contributed by atoms with Gasteiger partial charge in [-0.15, -0.1) is 11.3 Å². The number of aliphatic hydroxyl groups is 1. The Bertz CT molecular complexity index is 708. The molecule has 114 valence electrons. The van der Waals surface area contributed by atoms with E-state index in [1.807, 2.05) is 23.1 Å². The van der Waals surface area contributed by atoms with Crippen molar-refractivity contribution in [1.82, 2.24) is 9.88 Å². The van der Waals surface area contributed by atoms with E-state index >= 15 is 0 Å². The molecule has 0 saturated heterocycles. The summed E-state index contributed by atoms with van der Waals surface area (Å²) < 4.78 is 0. The van der Waals surface area contributed by atoms with E-state index in [2.05, 4.69) is 11.1 Å². The number of carbonyl (C=O) groups is 1. The highest BCUT2D eigenvalue weighted by molar-refractivity contribution is 7.11. The van der Waals surface area contributed by atoms with Gasteiger partial charge in [0, 0.05) is 12.5 Å². The van der Waals surface area contributed by atoms with E-state index in [1.165, 1.54) is 16.9 Å². The predicted molar refractivity (Wildman–Crippen MR) is 85.1 cm³/mol. The van der Waals surface area contributed by atoms with E-state index in [0.29, 0.717) is 12.5 Å². The summed E-state index contributed by atoms with van der Waals surface area (Å²) in [6.45, 7) is 0.614. The fraction of sp³-hybridized carbons (Fsp3) is 0.412. The largest absolute Gasteiger partial charge is 0.394 e. The Hall–Kier alpha value is -1.72. The standard InChI is InChI=1S/C17H18N2O2S/c20-9-14-13-4-2-1-3-11(13)7-8-19(14)17(21)16-15(12-5-6-12)18-10-22-16/h1-4,10,12,14,20H,5-9H2. The topological polar surface area (TPSA) is 53.4 Å². The van der Waals surface area contributed by atoms with Gasteiger partial charge < -0.3 is 10.0 Å². The van der Waals surface area contributed by atoms with Crippen molar-refractivity contribution in [2.75, 3.05) is 13.2 Å². The molecule has 0 radical (unpaired) electrons. The van der Waals surface area contributed by atoms with Crippen LogP contribution in [-0.4, -0.2) is 34.0 Å². The third kappa shape index (κ3) is 2.25. The molecule has 1 saturated carbocycles. The van der Waals surface area contributed by atoms with Crippen molar-refractivity contribution >= 4 is 17.2 Å². The summed E-state index contributed by atoms with van der Waals surface area (Å²) in [7, 11) is 0. The second-order valence-corrected chi connectivity index (χ2v) is 6.84. The zero-order valence-electron chi connectivity index (χ0n) is 12.2. The number of benzene rings is 1. The van der Waals surface area contributed by atoms with Crippen molar-refractivity contribution < 1.29 is 9.90 Å². The van der Waals surface area contributed by atoms with Crippen molar-refractivity contribution in [1.29, 1.82) is 0 Å². The number of thiazole rings is 1. The van der Waals surface area contributed by atoms with Gasteiger partial charge in [0.2, 0.25) is 0 Å². The molecule has 1 N–H and O–H groups in total. The SMILES string of the molecule is O=C(c1scnc1C1CC1)N1CCc2ccccc2C1CO. The van der Waals surface area contributed by atoms with E-state index in [0.717, 1.165) is 35.4 Å². The molecule has 4 nitrogen and oxygen atoms in total. The van der Waals surface area contributed by atoms with E-state index in [9.17, 15) is 9.90 Å². The van der Waals surface area contributed by atoms with Crippen LogP contribution < -0.4 is 0 Å². The molecular weight excluding hydrogens is 296 g/mol. The Morgan fingerprint density at radius 1 is 1.36 bits per heavy atom. The van der Waals surface area contributed by atoms with Crippen molar-refractivity contribution in [3.63, 3.8) is 0 Å². The van der Waals surface area contributed by atoms with Gasteiger partial charge in [0.25, 0.3) is 5.91 Å².